The molecule has 4 rings (SSSR count). The molecule has 2 aromatic carbocycles. The molecule has 10 heteroatoms. The van der Waals surface area contributed by atoms with Crippen molar-refractivity contribution in [3.63, 3.8) is 0 Å². The molecule has 33 heavy (non-hydrogen) atoms. The number of pyridine rings is 1. The number of sulfonamides is 1. The molecule has 3 aromatic rings. The standard InChI is InChI=1S/C23H24ClFN4O3S/c1-32-22-7-6-20(15-21(22)24)33(30,31)27-16-17-8-9-26-23(14-17)29-12-10-28(11-13-29)19-4-2-18(25)3-5-19/h2-9,14-15,27H,10-13,16H2,1H3. The third kappa shape index (κ3) is 5.55. The smallest absolute Gasteiger partial charge is 0.240 e. The molecule has 1 saturated heterocycles. The maximum Gasteiger partial charge on any atom is 0.240 e. The zero-order valence-electron chi connectivity index (χ0n) is 18.0. The Morgan fingerprint density at radius 3 is 2.39 bits per heavy atom. The number of nitrogens with zero attached hydrogens (tertiary/aromatic N) is 3. The van der Waals surface area contributed by atoms with Gasteiger partial charge >= 0.3 is 0 Å². The summed E-state index contributed by atoms with van der Waals surface area (Å²) in [6, 6.07) is 14.5. The van der Waals surface area contributed by atoms with Gasteiger partial charge in [-0.25, -0.2) is 22.5 Å². The summed E-state index contributed by atoms with van der Waals surface area (Å²) < 4.78 is 46.2. The zero-order valence-corrected chi connectivity index (χ0v) is 19.6. The second-order valence-electron chi connectivity index (χ2n) is 7.59. The second-order valence-corrected chi connectivity index (χ2v) is 9.77. The minimum atomic E-state index is -3.74. The van der Waals surface area contributed by atoms with Crippen LogP contribution in [0.1, 0.15) is 5.56 Å². The molecule has 174 valence electrons. The monoisotopic (exact) mass is 490 g/mol. The molecule has 2 heterocycles. The van der Waals surface area contributed by atoms with E-state index in [-0.39, 0.29) is 22.3 Å². The number of ether oxygens (including phenoxy) is 1. The number of hydrogen-bond donors (Lipinski definition) is 1. The molecule has 0 aliphatic carbocycles. The van der Waals surface area contributed by atoms with E-state index in [1.807, 2.05) is 6.07 Å². The average molecular weight is 491 g/mol. The molecule has 7 nitrogen and oxygen atoms in total. The quantitative estimate of drug-likeness (QED) is 0.544. The fraction of sp³-hybridized carbons (Fsp3) is 0.261. The number of hydrogen-bond acceptors (Lipinski definition) is 6. The summed E-state index contributed by atoms with van der Waals surface area (Å²) >= 11 is 6.06. The van der Waals surface area contributed by atoms with Crippen LogP contribution in [0.5, 0.6) is 5.75 Å². The summed E-state index contributed by atoms with van der Waals surface area (Å²) in [5.41, 5.74) is 1.79. The highest BCUT2D eigenvalue weighted by atomic mass is 35.5. The highest BCUT2D eigenvalue weighted by Gasteiger charge is 2.20. The minimum absolute atomic E-state index is 0.0690. The molecular weight excluding hydrogens is 467 g/mol. The van der Waals surface area contributed by atoms with Gasteiger partial charge in [0.15, 0.2) is 0 Å². The second kappa shape index (κ2) is 9.94. The fourth-order valence-electron chi connectivity index (χ4n) is 3.67. The van der Waals surface area contributed by atoms with Gasteiger partial charge in [-0.15, -0.1) is 0 Å². The highest BCUT2D eigenvalue weighted by Crippen LogP contribution is 2.27. The van der Waals surface area contributed by atoms with E-state index >= 15 is 0 Å². The third-order valence-electron chi connectivity index (χ3n) is 5.51. The van der Waals surface area contributed by atoms with Gasteiger partial charge in [0.25, 0.3) is 0 Å². The van der Waals surface area contributed by atoms with Crippen LogP contribution in [0.25, 0.3) is 0 Å². The number of methoxy groups -OCH3 is 1. The van der Waals surface area contributed by atoms with Gasteiger partial charge in [0.2, 0.25) is 10.0 Å². The van der Waals surface area contributed by atoms with Crippen molar-refractivity contribution in [1.29, 1.82) is 0 Å². The van der Waals surface area contributed by atoms with Crippen LogP contribution in [0.15, 0.2) is 65.7 Å². The number of halogens is 2. The summed E-state index contributed by atoms with van der Waals surface area (Å²) in [6.45, 7) is 3.19. The Kier molecular flexibility index (Phi) is 7.02. The summed E-state index contributed by atoms with van der Waals surface area (Å²) in [5, 5.41) is 0.228. The number of rotatable bonds is 7. The lowest BCUT2D eigenvalue weighted by Crippen LogP contribution is -2.46. The van der Waals surface area contributed by atoms with Crippen molar-refractivity contribution < 1.29 is 17.5 Å². The number of piperazine rings is 1. The Labute approximate surface area is 197 Å². The lowest BCUT2D eigenvalue weighted by Gasteiger charge is -2.36. The van der Waals surface area contributed by atoms with E-state index in [9.17, 15) is 12.8 Å². The predicted molar refractivity (Wildman–Crippen MR) is 127 cm³/mol. The molecule has 0 bridgehead atoms. The first-order chi connectivity index (χ1) is 15.9. The molecule has 1 N–H and O–H groups in total. The lowest BCUT2D eigenvalue weighted by molar-refractivity contribution is 0.414. The molecule has 0 atom stereocenters. The van der Waals surface area contributed by atoms with E-state index in [2.05, 4.69) is 19.5 Å². The van der Waals surface area contributed by atoms with E-state index < -0.39 is 10.0 Å². The molecule has 0 unspecified atom stereocenters. The van der Waals surface area contributed by atoms with Crippen LogP contribution in [-0.2, 0) is 16.6 Å². The van der Waals surface area contributed by atoms with Gasteiger partial charge in [0.05, 0.1) is 17.0 Å². The maximum atomic E-state index is 13.2. The maximum absolute atomic E-state index is 13.2. The summed E-state index contributed by atoms with van der Waals surface area (Å²) in [6.07, 6.45) is 1.68. The van der Waals surface area contributed by atoms with Crippen molar-refractivity contribution in [2.24, 2.45) is 0 Å². The van der Waals surface area contributed by atoms with Crippen LogP contribution in [0, 0.1) is 5.82 Å². The number of benzene rings is 2. The van der Waals surface area contributed by atoms with Crippen LogP contribution < -0.4 is 19.3 Å². The first-order valence-corrected chi connectivity index (χ1v) is 12.3. The van der Waals surface area contributed by atoms with Crippen LogP contribution in [0.3, 0.4) is 0 Å². The first-order valence-electron chi connectivity index (χ1n) is 10.4. The Bertz CT molecular complexity index is 1220. The van der Waals surface area contributed by atoms with Crippen LogP contribution in [0.4, 0.5) is 15.9 Å². The van der Waals surface area contributed by atoms with Crippen LogP contribution >= 0.6 is 11.6 Å². The zero-order chi connectivity index (χ0) is 23.4. The summed E-state index contributed by atoms with van der Waals surface area (Å²) in [5.74, 6) is 0.955. The minimum Gasteiger partial charge on any atom is -0.495 e. The Balaban J connectivity index is 1.38. The fourth-order valence-corrected chi connectivity index (χ4v) is 5.03. The first kappa shape index (κ1) is 23.3. The summed E-state index contributed by atoms with van der Waals surface area (Å²) in [7, 11) is -2.27. The molecule has 0 amide bonds. The SMILES string of the molecule is COc1ccc(S(=O)(=O)NCc2ccnc(N3CCN(c4ccc(F)cc4)CC3)c2)cc1Cl. The van der Waals surface area contributed by atoms with Gasteiger partial charge in [-0.05, 0) is 60.2 Å². The molecule has 1 aliphatic heterocycles. The molecule has 1 fully saturated rings. The van der Waals surface area contributed by atoms with Crippen LogP contribution in [-0.4, -0.2) is 46.7 Å². The van der Waals surface area contributed by atoms with Gasteiger partial charge in [-0.3, -0.25) is 0 Å². The van der Waals surface area contributed by atoms with E-state index in [1.165, 1.54) is 37.4 Å². The van der Waals surface area contributed by atoms with Crippen molar-refractivity contribution >= 4 is 33.1 Å². The van der Waals surface area contributed by atoms with E-state index in [0.29, 0.717) is 5.75 Å². The largest absolute Gasteiger partial charge is 0.495 e. The molecular formula is C23H24ClFN4O3S. The lowest BCUT2D eigenvalue weighted by atomic mass is 10.2. The number of nitrogens with one attached hydrogen (secondary N) is 1. The Hall–Kier alpha value is -2.88. The number of aromatic nitrogens is 1. The van der Waals surface area contributed by atoms with Crippen LogP contribution in [0.2, 0.25) is 5.02 Å². The van der Waals surface area contributed by atoms with Crippen molar-refractivity contribution in [2.75, 3.05) is 43.1 Å². The molecule has 1 aromatic heterocycles. The predicted octanol–water partition coefficient (Wildman–Crippen LogP) is 3.69. The Morgan fingerprint density at radius 2 is 1.73 bits per heavy atom. The van der Waals surface area contributed by atoms with Gasteiger partial charge in [0.1, 0.15) is 17.4 Å². The third-order valence-corrected chi connectivity index (χ3v) is 7.20. The Morgan fingerprint density at radius 1 is 1.03 bits per heavy atom. The number of anilines is 2. The normalized spacial score (nSPS) is 14.4. The molecule has 1 aliphatic rings. The van der Waals surface area contributed by atoms with Crippen molar-refractivity contribution in [2.45, 2.75) is 11.4 Å². The van der Waals surface area contributed by atoms with Gasteiger partial charge in [-0.2, -0.15) is 0 Å². The molecule has 0 radical (unpaired) electrons. The topological polar surface area (TPSA) is 74.8 Å². The van der Waals surface area contributed by atoms with E-state index in [1.54, 1.807) is 24.4 Å². The van der Waals surface area contributed by atoms with E-state index in [4.69, 9.17) is 16.3 Å². The van der Waals surface area contributed by atoms with Crippen molar-refractivity contribution in [3.05, 3.63) is 77.2 Å². The highest BCUT2D eigenvalue weighted by molar-refractivity contribution is 7.89. The van der Waals surface area contributed by atoms with E-state index in [0.717, 1.165) is 43.2 Å². The molecule has 0 spiro atoms. The van der Waals surface area contributed by atoms with Crippen molar-refractivity contribution in [1.82, 2.24) is 9.71 Å². The molecule has 0 saturated carbocycles. The summed E-state index contributed by atoms with van der Waals surface area (Å²) in [4.78, 5) is 8.88. The van der Waals surface area contributed by atoms with Gasteiger partial charge < -0.3 is 14.5 Å². The average Bonchev–Trinajstić information content (AvgIpc) is 2.83. The van der Waals surface area contributed by atoms with Gasteiger partial charge in [0, 0.05) is 44.6 Å². The van der Waals surface area contributed by atoms with Gasteiger partial charge in [-0.1, -0.05) is 11.6 Å². The van der Waals surface area contributed by atoms with Crippen molar-refractivity contribution in [3.8, 4) is 5.75 Å².